The summed E-state index contributed by atoms with van der Waals surface area (Å²) in [4.78, 5) is 0. The van der Waals surface area contributed by atoms with Crippen molar-refractivity contribution in [1.29, 1.82) is 0 Å². The normalized spacial score (nSPS) is 19.4. The van der Waals surface area contributed by atoms with Gasteiger partial charge in [-0.2, -0.15) is 12.6 Å². The summed E-state index contributed by atoms with van der Waals surface area (Å²) in [5.41, 5.74) is 0.197. The molecule has 0 aliphatic heterocycles. The van der Waals surface area contributed by atoms with Crippen LogP contribution in [0.3, 0.4) is 0 Å². The highest BCUT2D eigenvalue weighted by molar-refractivity contribution is 7.80. The van der Waals surface area contributed by atoms with Crippen molar-refractivity contribution >= 4 is 12.6 Å². The number of nitrogens with one attached hydrogen (secondary N) is 1. The predicted molar refractivity (Wildman–Crippen MR) is 78.0 cm³/mol. The van der Waals surface area contributed by atoms with Crippen molar-refractivity contribution in [1.82, 2.24) is 5.32 Å². The fraction of sp³-hybridized carbons (Fsp3) is 1.00. The highest BCUT2D eigenvalue weighted by Crippen LogP contribution is 2.31. The van der Waals surface area contributed by atoms with E-state index in [2.05, 4.69) is 24.9 Å². The predicted octanol–water partition coefficient (Wildman–Crippen LogP) is 3.42. The third-order valence-electron chi connectivity index (χ3n) is 3.65. The van der Waals surface area contributed by atoms with Crippen molar-refractivity contribution < 1.29 is 4.74 Å². The molecular weight excluding hydrogens is 230 g/mol. The Hall–Kier alpha value is 0.270. The van der Waals surface area contributed by atoms with Crippen LogP contribution in [0.15, 0.2) is 0 Å². The van der Waals surface area contributed by atoms with E-state index in [1.165, 1.54) is 51.4 Å². The van der Waals surface area contributed by atoms with E-state index >= 15 is 0 Å². The molecule has 1 aliphatic rings. The van der Waals surface area contributed by atoms with Crippen LogP contribution in [0.5, 0.6) is 0 Å². The topological polar surface area (TPSA) is 21.3 Å². The van der Waals surface area contributed by atoms with Crippen LogP contribution in [0.25, 0.3) is 0 Å². The molecule has 2 nitrogen and oxygen atoms in total. The number of hydrogen-bond acceptors (Lipinski definition) is 3. The number of rotatable bonds is 9. The Kier molecular flexibility index (Phi) is 8.33. The van der Waals surface area contributed by atoms with E-state index < -0.39 is 0 Å². The van der Waals surface area contributed by atoms with Crippen LogP contribution in [0.4, 0.5) is 0 Å². The zero-order chi connectivity index (χ0) is 12.4. The lowest BCUT2D eigenvalue weighted by Crippen LogP contribution is -2.31. The van der Waals surface area contributed by atoms with Crippen LogP contribution >= 0.6 is 12.6 Å². The Morgan fingerprint density at radius 3 is 2.53 bits per heavy atom. The van der Waals surface area contributed by atoms with Gasteiger partial charge in [-0.1, -0.05) is 19.3 Å². The van der Waals surface area contributed by atoms with Crippen molar-refractivity contribution in [3.63, 3.8) is 0 Å². The molecule has 0 unspecified atom stereocenters. The first-order valence-electron chi connectivity index (χ1n) is 7.22. The van der Waals surface area contributed by atoms with Crippen LogP contribution < -0.4 is 5.32 Å². The third-order valence-corrected chi connectivity index (χ3v) is 3.87. The molecular formula is C14H29NOS. The van der Waals surface area contributed by atoms with Crippen LogP contribution in [0, 0.1) is 0 Å². The average Bonchev–Trinajstić information content (AvgIpc) is 2.33. The van der Waals surface area contributed by atoms with E-state index in [0.717, 1.165) is 25.4 Å². The number of ether oxygens (including phenoxy) is 1. The highest BCUT2D eigenvalue weighted by atomic mass is 32.1. The van der Waals surface area contributed by atoms with Gasteiger partial charge in [0.15, 0.2) is 0 Å². The lowest BCUT2D eigenvalue weighted by molar-refractivity contribution is -0.0573. The molecule has 0 aromatic heterocycles. The summed E-state index contributed by atoms with van der Waals surface area (Å²) >= 11 is 4.16. The van der Waals surface area contributed by atoms with E-state index in [1.807, 2.05) is 0 Å². The first kappa shape index (κ1) is 15.3. The second-order valence-electron chi connectivity index (χ2n) is 5.39. The van der Waals surface area contributed by atoms with Gasteiger partial charge in [-0.05, 0) is 45.6 Å². The summed E-state index contributed by atoms with van der Waals surface area (Å²) in [6, 6.07) is 0. The molecule has 0 atom stereocenters. The third kappa shape index (κ3) is 7.32. The molecule has 0 heterocycles. The minimum absolute atomic E-state index is 0.197. The van der Waals surface area contributed by atoms with Crippen LogP contribution in [-0.2, 0) is 4.74 Å². The molecule has 1 saturated carbocycles. The molecule has 0 radical (unpaired) electrons. The van der Waals surface area contributed by atoms with E-state index in [0.29, 0.717) is 0 Å². The maximum Gasteiger partial charge on any atom is 0.0654 e. The van der Waals surface area contributed by atoms with Gasteiger partial charge >= 0.3 is 0 Å². The average molecular weight is 259 g/mol. The molecule has 0 aromatic rings. The first-order valence-corrected chi connectivity index (χ1v) is 7.86. The van der Waals surface area contributed by atoms with Crippen molar-refractivity contribution in [2.24, 2.45) is 0 Å². The minimum atomic E-state index is 0.197. The Morgan fingerprint density at radius 1 is 1.06 bits per heavy atom. The number of unbranched alkanes of at least 4 members (excludes halogenated alkanes) is 2. The van der Waals surface area contributed by atoms with Crippen molar-refractivity contribution in [2.45, 2.75) is 63.9 Å². The first-order chi connectivity index (χ1) is 8.27. The van der Waals surface area contributed by atoms with Gasteiger partial charge in [0.05, 0.1) is 5.60 Å². The lowest BCUT2D eigenvalue weighted by atomic mass is 9.86. The van der Waals surface area contributed by atoms with Crippen LogP contribution in [-0.4, -0.2) is 31.1 Å². The molecule has 1 fully saturated rings. The zero-order valence-electron chi connectivity index (χ0n) is 11.3. The molecule has 1 rings (SSSR count). The van der Waals surface area contributed by atoms with Gasteiger partial charge < -0.3 is 10.1 Å². The van der Waals surface area contributed by atoms with Gasteiger partial charge in [0.2, 0.25) is 0 Å². The van der Waals surface area contributed by atoms with Gasteiger partial charge in [0, 0.05) is 18.9 Å². The van der Waals surface area contributed by atoms with Crippen LogP contribution in [0.2, 0.25) is 0 Å². The van der Waals surface area contributed by atoms with Crippen molar-refractivity contribution in [3.05, 3.63) is 0 Å². The Morgan fingerprint density at radius 2 is 1.82 bits per heavy atom. The van der Waals surface area contributed by atoms with E-state index in [-0.39, 0.29) is 5.60 Å². The molecule has 1 N–H and O–H groups in total. The van der Waals surface area contributed by atoms with Gasteiger partial charge in [0.1, 0.15) is 0 Å². The Balaban J connectivity index is 1.89. The number of hydrogen-bond donors (Lipinski definition) is 2. The Bertz CT molecular complexity index is 181. The maximum absolute atomic E-state index is 6.07. The maximum atomic E-state index is 6.07. The quantitative estimate of drug-likeness (QED) is 0.489. The van der Waals surface area contributed by atoms with Gasteiger partial charge in [-0.3, -0.25) is 0 Å². The van der Waals surface area contributed by atoms with Gasteiger partial charge in [-0.25, -0.2) is 0 Å². The molecule has 3 heteroatoms. The largest absolute Gasteiger partial charge is 0.375 e. The smallest absolute Gasteiger partial charge is 0.0654 e. The fourth-order valence-corrected chi connectivity index (χ4v) is 2.65. The second kappa shape index (κ2) is 9.23. The van der Waals surface area contributed by atoms with Crippen LogP contribution in [0.1, 0.15) is 58.3 Å². The molecule has 0 bridgehead atoms. The summed E-state index contributed by atoms with van der Waals surface area (Å²) in [5.74, 6) is 0.932. The number of thiol groups is 1. The van der Waals surface area contributed by atoms with Gasteiger partial charge in [0.25, 0.3) is 0 Å². The fourth-order valence-electron chi connectivity index (χ4n) is 2.50. The van der Waals surface area contributed by atoms with Gasteiger partial charge in [-0.15, -0.1) is 0 Å². The summed E-state index contributed by atoms with van der Waals surface area (Å²) < 4.78 is 6.07. The van der Waals surface area contributed by atoms with Crippen molar-refractivity contribution in [3.8, 4) is 0 Å². The monoisotopic (exact) mass is 259 g/mol. The van der Waals surface area contributed by atoms with E-state index in [9.17, 15) is 0 Å². The summed E-state index contributed by atoms with van der Waals surface area (Å²) in [7, 11) is 0. The molecule has 1 aliphatic carbocycles. The second-order valence-corrected chi connectivity index (χ2v) is 5.84. The Labute approximate surface area is 112 Å². The SMILES string of the molecule is CC1(OCCCCCNCCS)CCCCC1. The molecule has 102 valence electrons. The summed E-state index contributed by atoms with van der Waals surface area (Å²) in [6.07, 6.45) is 10.4. The standard InChI is InChI=1S/C14H29NOS/c1-14(8-4-2-5-9-14)16-12-7-3-6-10-15-11-13-17/h15,17H,2-13H2,1H3. The summed E-state index contributed by atoms with van der Waals surface area (Å²) in [5, 5.41) is 3.37. The molecule has 0 spiro atoms. The molecule has 0 aromatic carbocycles. The molecule has 0 amide bonds. The van der Waals surface area contributed by atoms with E-state index in [1.54, 1.807) is 0 Å². The molecule has 0 saturated heterocycles. The van der Waals surface area contributed by atoms with E-state index in [4.69, 9.17) is 4.74 Å². The lowest BCUT2D eigenvalue weighted by Gasteiger charge is -2.33. The van der Waals surface area contributed by atoms with Crippen molar-refractivity contribution in [2.75, 3.05) is 25.4 Å². The highest BCUT2D eigenvalue weighted by Gasteiger charge is 2.26. The minimum Gasteiger partial charge on any atom is -0.375 e. The summed E-state index contributed by atoms with van der Waals surface area (Å²) in [6.45, 7) is 5.39. The molecule has 17 heavy (non-hydrogen) atoms. The zero-order valence-corrected chi connectivity index (χ0v) is 12.2.